The molecule has 0 saturated heterocycles. The van der Waals surface area contributed by atoms with Gasteiger partial charge in [0, 0.05) is 18.2 Å². The second-order valence-corrected chi connectivity index (χ2v) is 7.16. The minimum Gasteiger partial charge on any atom is -0.459 e. The summed E-state index contributed by atoms with van der Waals surface area (Å²) in [4.78, 5) is 11.5. The van der Waals surface area contributed by atoms with Gasteiger partial charge in [-0.25, -0.2) is 0 Å². The van der Waals surface area contributed by atoms with Crippen molar-refractivity contribution in [2.24, 2.45) is 5.92 Å². The van der Waals surface area contributed by atoms with Crippen LogP contribution < -0.4 is 0 Å². The Balaban J connectivity index is 2.37. The molecule has 2 nitrogen and oxygen atoms in total. The van der Waals surface area contributed by atoms with Crippen LogP contribution in [0.1, 0.15) is 63.5 Å². The van der Waals surface area contributed by atoms with Gasteiger partial charge in [0.1, 0.15) is 5.60 Å². The van der Waals surface area contributed by atoms with E-state index in [1.165, 1.54) is 43.7 Å². The fourth-order valence-electron chi connectivity index (χ4n) is 3.84. The summed E-state index contributed by atoms with van der Waals surface area (Å²) in [7, 11) is 0. The van der Waals surface area contributed by atoms with Gasteiger partial charge < -0.3 is 4.74 Å². The Labute approximate surface area is 136 Å². The molecule has 3 heteroatoms. The first kappa shape index (κ1) is 16.5. The highest BCUT2D eigenvalue weighted by atomic mass is 79.9. The van der Waals surface area contributed by atoms with E-state index in [4.69, 9.17) is 4.74 Å². The van der Waals surface area contributed by atoms with Crippen molar-refractivity contribution < 1.29 is 9.53 Å². The third-order valence-electron chi connectivity index (χ3n) is 4.49. The van der Waals surface area contributed by atoms with E-state index in [0.717, 1.165) is 5.33 Å². The molecule has 2 rings (SSSR count). The molecule has 1 atom stereocenters. The van der Waals surface area contributed by atoms with Crippen molar-refractivity contribution in [1.82, 2.24) is 0 Å². The number of hydrogen-bond acceptors (Lipinski definition) is 2. The van der Waals surface area contributed by atoms with E-state index in [0.29, 0.717) is 5.92 Å². The van der Waals surface area contributed by atoms with E-state index < -0.39 is 5.60 Å². The third-order valence-corrected chi connectivity index (χ3v) is 5.14. The van der Waals surface area contributed by atoms with Crippen LogP contribution in [0.25, 0.3) is 0 Å². The second kappa shape index (κ2) is 6.95. The summed E-state index contributed by atoms with van der Waals surface area (Å²) in [5.41, 5.74) is 2.10. The molecule has 21 heavy (non-hydrogen) atoms. The highest BCUT2D eigenvalue weighted by Crippen LogP contribution is 2.45. The third kappa shape index (κ3) is 4.09. The van der Waals surface area contributed by atoms with E-state index in [9.17, 15) is 4.79 Å². The van der Waals surface area contributed by atoms with Gasteiger partial charge in [-0.2, -0.15) is 0 Å². The summed E-state index contributed by atoms with van der Waals surface area (Å²) >= 11 is 3.53. The topological polar surface area (TPSA) is 26.3 Å². The van der Waals surface area contributed by atoms with Crippen LogP contribution in [0.2, 0.25) is 0 Å². The predicted molar refractivity (Wildman–Crippen MR) is 89.6 cm³/mol. The molecular formula is C18H25BrO2. The molecule has 116 valence electrons. The first-order chi connectivity index (χ1) is 9.94. The van der Waals surface area contributed by atoms with Crippen molar-refractivity contribution in [2.75, 3.05) is 0 Å². The summed E-state index contributed by atoms with van der Waals surface area (Å²) in [5, 5.41) is 0.853. The van der Waals surface area contributed by atoms with Gasteiger partial charge in [-0.1, -0.05) is 53.0 Å². The summed E-state index contributed by atoms with van der Waals surface area (Å²) in [6.07, 6.45) is 5.03. The number of ether oxygens (including phenoxy) is 1. The minimum atomic E-state index is -0.466. The number of halogens is 1. The van der Waals surface area contributed by atoms with Crippen LogP contribution in [0.3, 0.4) is 0 Å². The summed E-state index contributed by atoms with van der Waals surface area (Å²) in [6, 6.07) is 8.67. The second-order valence-electron chi connectivity index (χ2n) is 6.60. The molecule has 0 spiro atoms. The van der Waals surface area contributed by atoms with Crippen LogP contribution in [-0.2, 0) is 14.9 Å². The molecule has 1 aliphatic rings. The number of hydrogen-bond donors (Lipinski definition) is 0. The number of esters is 1. The fourth-order valence-corrected chi connectivity index (χ4v) is 4.18. The van der Waals surface area contributed by atoms with Gasteiger partial charge in [0.05, 0.1) is 0 Å². The van der Waals surface area contributed by atoms with Gasteiger partial charge in [0.2, 0.25) is 0 Å². The van der Waals surface area contributed by atoms with Crippen molar-refractivity contribution in [1.29, 1.82) is 0 Å². The Bertz CT molecular complexity index is 490. The van der Waals surface area contributed by atoms with Crippen LogP contribution in [-0.4, -0.2) is 11.6 Å². The number of rotatable bonds is 5. The highest BCUT2D eigenvalue weighted by Gasteiger charge is 2.40. The normalized spacial score (nSPS) is 17.7. The van der Waals surface area contributed by atoms with Crippen LogP contribution >= 0.6 is 15.9 Å². The van der Waals surface area contributed by atoms with Gasteiger partial charge in [-0.15, -0.1) is 0 Å². The molecule has 0 heterocycles. The number of benzene rings is 1. The Morgan fingerprint density at radius 3 is 2.62 bits per heavy atom. The molecule has 0 radical (unpaired) electrons. The largest absolute Gasteiger partial charge is 0.459 e. The lowest BCUT2D eigenvalue weighted by atomic mass is 9.74. The van der Waals surface area contributed by atoms with Gasteiger partial charge in [0.15, 0.2) is 0 Å². The average Bonchev–Trinajstić information content (AvgIpc) is 2.91. The maximum Gasteiger partial charge on any atom is 0.303 e. The molecule has 0 aliphatic heterocycles. The lowest BCUT2D eigenvalue weighted by Crippen LogP contribution is -2.38. The lowest BCUT2D eigenvalue weighted by Gasteiger charge is -2.38. The van der Waals surface area contributed by atoms with E-state index in [-0.39, 0.29) is 11.9 Å². The van der Waals surface area contributed by atoms with Gasteiger partial charge in [-0.05, 0) is 43.7 Å². The van der Waals surface area contributed by atoms with Crippen molar-refractivity contribution in [2.45, 2.75) is 63.3 Å². The monoisotopic (exact) mass is 352 g/mol. The smallest absolute Gasteiger partial charge is 0.303 e. The van der Waals surface area contributed by atoms with Crippen LogP contribution in [0.4, 0.5) is 0 Å². The molecule has 1 fully saturated rings. The number of alkyl halides is 1. The molecule has 0 N–H and O–H groups in total. The van der Waals surface area contributed by atoms with Crippen LogP contribution in [0.15, 0.2) is 24.3 Å². The Morgan fingerprint density at radius 2 is 2.05 bits per heavy atom. The standard InChI is InChI=1S/C18H25BrO2/c1-13(20)21-18(2,3)17(15-8-4-5-9-15)16-10-6-7-14(11-16)12-19/h6-7,10-11,15,17H,4-5,8-9,12H2,1-3H3. The average molecular weight is 353 g/mol. The predicted octanol–water partition coefficient (Wildman–Crippen LogP) is 5.20. The summed E-state index contributed by atoms with van der Waals surface area (Å²) in [5.74, 6) is 0.674. The zero-order valence-corrected chi connectivity index (χ0v) is 14.8. The zero-order valence-electron chi connectivity index (χ0n) is 13.2. The maximum atomic E-state index is 11.5. The zero-order chi connectivity index (χ0) is 15.5. The van der Waals surface area contributed by atoms with Crippen molar-refractivity contribution >= 4 is 21.9 Å². The van der Waals surface area contributed by atoms with Crippen molar-refractivity contribution in [3.63, 3.8) is 0 Å². The van der Waals surface area contributed by atoms with E-state index in [1.807, 2.05) is 0 Å². The fraction of sp³-hybridized carbons (Fsp3) is 0.611. The number of carbonyl (C=O) groups is 1. The quantitative estimate of drug-likeness (QED) is 0.537. The minimum absolute atomic E-state index is 0.195. The van der Waals surface area contributed by atoms with Crippen molar-refractivity contribution in [3.05, 3.63) is 35.4 Å². The summed E-state index contributed by atoms with van der Waals surface area (Å²) < 4.78 is 5.69. The van der Waals surface area contributed by atoms with Crippen molar-refractivity contribution in [3.8, 4) is 0 Å². The van der Waals surface area contributed by atoms with E-state index in [1.54, 1.807) is 0 Å². The summed E-state index contributed by atoms with van der Waals surface area (Å²) in [6.45, 7) is 5.61. The first-order valence-electron chi connectivity index (χ1n) is 7.78. The molecule has 0 aromatic heterocycles. The van der Waals surface area contributed by atoms with E-state index in [2.05, 4.69) is 54.0 Å². The molecule has 0 amide bonds. The van der Waals surface area contributed by atoms with Gasteiger partial charge >= 0.3 is 5.97 Å². The molecule has 0 bridgehead atoms. The number of carbonyl (C=O) groups excluding carboxylic acids is 1. The maximum absolute atomic E-state index is 11.5. The molecule has 1 aromatic carbocycles. The van der Waals surface area contributed by atoms with E-state index >= 15 is 0 Å². The molecule has 1 saturated carbocycles. The highest BCUT2D eigenvalue weighted by molar-refractivity contribution is 9.08. The molecule has 1 unspecified atom stereocenters. The van der Waals surface area contributed by atoms with Gasteiger partial charge in [0.25, 0.3) is 0 Å². The molecule has 1 aliphatic carbocycles. The Morgan fingerprint density at radius 1 is 1.38 bits per heavy atom. The Hall–Kier alpha value is -0.830. The Kier molecular flexibility index (Phi) is 5.48. The molecule has 1 aromatic rings. The van der Waals surface area contributed by atoms with Gasteiger partial charge in [-0.3, -0.25) is 4.79 Å². The first-order valence-corrected chi connectivity index (χ1v) is 8.90. The lowest BCUT2D eigenvalue weighted by molar-refractivity contribution is -0.157. The van der Waals surface area contributed by atoms with Crippen LogP contribution in [0.5, 0.6) is 0 Å². The van der Waals surface area contributed by atoms with Crippen LogP contribution in [0, 0.1) is 5.92 Å². The molecular weight excluding hydrogens is 328 g/mol. The SMILES string of the molecule is CC(=O)OC(C)(C)C(c1cccc(CBr)c1)C1CCCC1.